The molecule has 0 aromatic heterocycles. The molecular weight excluding hydrogens is 150 g/mol. The average Bonchev–Trinajstić information content (AvgIpc) is 2.04. The summed E-state index contributed by atoms with van der Waals surface area (Å²) in [7, 11) is 0. The molecule has 0 saturated carbocycles. The van der Waals surface area contributed by atoms with Crippen LogP contribution in [0.15, 0.2) is 0 Å². The summed E-state index contributed by atoms with van der Waals surface area (Å²) in [6, 6.07) is 0.582. The van der Waals surface area contributed by atoms with Gasteiger partial charge >= 0.3 is 0 Å². The Morgan fingerprint density at radius 1 is 1.25 bits per heavy atom. The second-order valence-corrected chi connectivity index (χ2v) is 3.34. The van der Waals surface area contributed by atoms with Crippen molar-refractivity contribution in [1.29, 1.82) is 0 Å². The van der Waals surface area contributed by atoms with Crippen molar-refractivity contribution in [1.82, 2.24) is 5.32 Å². The maximum absolute atomic E-state index is 5.57. The number of ether oxygens (including phenoxy) is 1. The third-order valence-corrected chi connectivity index (χ3v) is 2.08. The van der Waals surface area contributed by atoms with E-state index in [0.29, 0.717) is 12.1 Å². The van der Waals surface area contributed by atoms with E-state index in [9.17, 15) is 0 Å². The molecule has 0 aliphatic carbocycles. The van der Waals surface area contributed by atoms with Crippen molar-refractivity contribution < 1.29 is 4.74 Å². The normalized spacial score (nSPS) is 16.0. The van der Waals surface area contributed by atoms with Gasteiger partial charge in [-0.25, -0.2) is 0 Å². The average molecular weight is 173 g/mol. The van der Waals surface area contributed by atoms with Crippen LogP contribution in [-0.2, 0) is 4.74 Å². The summed E-state index contributed by atoms with van der Waals surface area (Å²) >= 11 is 0. The number of hydrogen-bond acceptors (Lipinski definition) is 2. The van der Waals surface area contributed by atoms with Gasteiger partial charge in [-0.3, -0.25) is 0 Å². The first-order valence-corrected chi connectivity index (χ1v) is 5.05. The molecule has 0 bridgehead atoms. The first kappa shape index (κ1) is 11.9. The van der Waals surface area contributed by atoms with Gasteiger partial charge in [-0.2, -0.15) is 0 Å². The molecule has 2 atom stereocenters. The molecule has 0 aliphatic heterocycles. The number of hydrogen-bond donors (Lipinski definition) is 1. The molecule has 0 rings (SSSR count). The molecule has 12 heavy (non-hydrogen) atoms. The Morgan fingerprint density at radius 2 is 1.92 bits per heavy atom. The first-order valence-electron chi connectivity index (χ1n) is 5.05. The Bertz CT molecular complexity index is 95.8. The molecule has 0 aliphatic rings. The lowest BCUT2D eigenvalue weighted by atomic mass is 10.2. The zero-order valence-corrected chi connectivity index (χ0v) is 8.89. The minimum Gasteiger partial charge on any atom is -0.378 e. The Hall–Kier alpha value is -0.0800. The predicted molar refractivity (Wildman–Crippen MR) is 53.5 cm³/mol. The Labute approximate surface area is 76.7 Å². The van der Waals surface area contributed by atoms with E-state index in [-0.39, 0.29) is 0 Å². The van der Waals surface area contributed by atoms with E-state index >= 15 is 0 Å². The highest BCUT2D eigenvalue weighted by molar-refractivity contribution is 4.58. The van der Waals surface area contributed by atoms with Crippen molar-refractivity contribution in [3.8, 4) is 0 Å². The van der Waals surface area contributed by atoms with Crippen LogP contribution in [0, 0.1) is 0 Å². The minimum atomic E-state index is 0.416. The topological polar surface area (TPSA) is 21.3 Å². The maximum atomic E-state index is 5.57. The summed E-state index contributed by atoms with van der Waals surface area (Å²) in [4.78, 5) is 0. The number of nitrogens with one attached hydrogen (secondary N) is 1. The molecule has 2 nitrogen and oxygen atoms in total. The molecule has 0 radical (unpaired) electrons. The Balaban J connectivity index is 3.18. The van der Waals surface area contributed by atoms with Gasteiger partial charge in [-0.05, 0) is 33.2 Å². The summed E-state index contributed by atoms with van der Waals surface area (Å²) < 4.78 is 5.57. The summed E-state index contributed by atoms with van der Waals surface area (Å²) in [5, 5.41) is 3.36. The predicted octanol–water partition coefficient (Wildman–Crippen LogP) is 2.19. The smallest absolute Gasteiger partial charge is 0.0544 e. The molecular formula is C10H23NO. The molecule has 0 spiro atoms. The van der Waals surface area contributed by atoms with Crippen LogP contribution in [0.3, 0.4) is 0 Å². The van der Waals surface area contributed by atoms with Gasteiger partial charge in [0.15, 0.2) is 0 Å². The van der Waals surface area contributed by atoms with E-state index in [0.717, 1.165) is 26.0 Å². The van der Waals surface area contributed by atoms with Gasteiger partial charge in [-0.15, -0.1) is 0 Å². The van der Waals surface area contributed by atoms with Crippen LogP contribution in [0.2, 0.25) is 0 Å². The molecule has 0 amide bonds. The van der Waals surface area contributed by atoms with E-state index in [4.69, 9.17) is 4.74 Å². The van der Waals surface area contributed by atoms with E-state index in [1.807, 2.05) is 0 Å². The molecule has 0 aromatic carbocycles. The van der Waals surface area contributed by atoms with Gasteiger partial charge in [0.25, 0.3) is 0 Å². The highest BCUT2D eigenvalue weighted by atomic mass is 16.5. The van der Waals surface area contributed by atoms with Crippen LogP contribution in [-0.4, -0.2) is 25.3 Å². The van der Waals surface area contributed by atoms with Crippen LogP contribution in [0.1, 0.15) is 40.5 Å². The highest BCUT2D eigenvalue weighted by Gasteiger charge is 2.01. The van der Waals surface area contributed by atoms with E-state index in [2.05, 4.69) is 33.0 Å². The van der Waals surface area contributed by atoms with Crippen LogP contribution in [0.5, 0.6) is 0 Å². The monoisotopic (exact) mass is 173 g/mol. The third kappa shape index (κ3) is 6.62. The fourth-order valence-corrected chi connectivity index (χ4v) is 1.01. The van der Waals surface area contributed by atoms with Gasteiger partial charge in [0.2, 0.25) is 0 Å². The van der Waals surface area contributed by atoms with Crippen molar-refractivity contribution in [2.24, 2.45) is 0 Å². The summed E-state index contributed by atoms with van der Waals surface area (Å²) in [6.07, 6.45) is 2.63. The van der Waals surface area contributed by atoms with Crippen LogP contribution >= 0.6 is 0 Å². The second kappa shape index (κ2) is 7.56. The van der Waals surface area contributed by atoms with Gasteiger partial charge in [0, 0.05) is 12.6 Å². The van der Waals surface area contributed by atoms with Crippen LogP contribution in [0.4, 0.5) is 0 Å². The van der Waals surface area contributed by atoms with E-state index < -0.39 is 0 Å². The Morgan fingerprint density at radius 3 is 2.42 bits per heavy atom. The van der Waals surface area contributed by atoms with Gasteiger partial charge < -0.3 is 10.1 Å². The van der Waals surface area contributed by atoms with Crippen LogP contribution < -0.4 is 5.32 Å². The Kier molecular flexibility index (Phi) is 7.51. The summed E-state index contributed by atoms with van der Waals surface area (Å²) in [5.74, 6) is 0. The summed E-state index contributed by atoms with van der Waals surface area (Å²) in [6.45, 7) is 10.5. The van der Waals surface area contributed by atoms with Gasteiger partial charge in [0.05, 0.1) is 6.10 Å². The molecule has 2 heteroatoms. The largest absolute Gasteiger partial charge is 0.378 e. The quantitative estimate of drug-likeness (QED) is 0.637. The van der Waals surface area contributed by atoms with Crippen molar-refractivity contribution >= 4 is 0 Å². The minimum absolute atomic E-state index is 0.416. The van der Waals surface area contributed by atoms with E-state index in [1.165, 1.54) is 0 Å². The maximum Gasteiger partial charge on any atom is 0.0544 e. The molecule has 1 N–H and O–H groups in total. The lowest BCUT2D eigenvalue weighted by molar-refractivity contribution is 0.0581. The zero-order valence-electron chi connectivity index (χ0n) is 8.89. The second-order valence-electron chi connectivity index (χ2n) is 3.34. The first-order chi connectivity index (χ1) is 5.70. The van der Waals surface area contributed by atoms with E-state index in [1.54, 1.807) is 0 Å². The van der Waals surface area contributed by atoms with Crippen molar-refractivity contribution in [3.05, 3.63) is 0 Å². The fourth-order valence-electron chi connectivity index (χ4n) is 1.01. The lowest BCUT2D eigenvalue weighted by Crippen LogP contribution is -2.27. The van der Waals surface area contributed by atoms with Crippen molar-refractivity contribution in [2.45, 2.75) is 52.7 Å². The SMILES string of the molecule is CCNC(C)CCOC(C)CC. The molecule has 74 valence electrons. The molecule has 2 unspecified atom stereocenters. The van der Waals surface area contributed by atoms with Crippen molar-refractivity contribution in [3.63, 3.8) is 0 Å². The molecule has 0 fully saturated rings. The highest BCUT2D eigenvalue weighted by Crippen LogP contribution is 1.98. The van der Waals surface area contributed by atoms with Gasteiger partial charge in [0.1, 0.15) is 0 Å². The number of rotatable bonds is 7. The molecule has 0 heterocycles. The summed E-state index contributed by atoms with van der Waals surface area (Å²) in [5.41, 5.74) is 0. The zero-order chi connectivity index (χ0) is 9.40. The fraction of sp³-hybridized carbons (Fsp3) is 1.00. The third-order valence-electron chi connectivity index (χ3n) is 2.08. The molecule has 0 aromatic rings. The van der Waals surface area contributed by atoms with Gasteiger partial charge in [-0.1, -0.05) is 13.8 Å². The molecule has 0 saturated heterocycles. The lowest BCUT2D eigenvalue weighted by Gasteiger charge is -2.14. The standard InChI is InChI=1S/C10H23NO/c1-5-10(4)12-8-7-9(3)11-6-2/h9-11H,5-8H2,1-4H3. The van der Waals surface area contributed by atoms with Crippen LogP contribution in [0.25, 0.3) is 0 Å². The van der Waals surface area contributed by atoms with Crippen molar-refractivity contribution in [2.75, 3.05) is 13.2 Å².